The average Bonchev–Trinajstić information content (AvgIpc) is 2.18. The zero-order valence-electron chi connectivity index (χ0n) is 7.42. The van der Waals surface area contributed by atoms with Gasteiger partial charge in [0.25, 0.3) is 0 Å². The zero-order valence-corrected chi connectivity index (χ0v) is 9.00. The van der Waals surface area contributed by atoms with Crippen molar-refractivity contribution in [2.45, 2.75) is 17.9 Å². The zero-order chi connectivity index (χ0) is 9.31. The Morgan fingerprint density at radius 1 is 1.38 bits per heavy atom. The number of hydrogen-bond donors (Lipinski definition) is 0. The Hall–Kier alpha value is -0.700. The molecule has 1 heterocycles. The number of alkyl halides is 1. The Morgan fingerprint density at radius 2 is 2.08 bits per heavy atom. The lowest BCUT2D eigenvalue weighted by Crippen LogP contribution is -2.38. The van der Waals surface area contributed by atoms with Crippen LogP contribution in [0, 0.1) is 0 Å². The van der Waals surface area contributed by atoms with E-state index in [2.05, 4.69) is 22.9 Å². The van der Waals surface area contributed by atoms with Crippen molar-refractivity contribution < 1.29 is 9.47 Å². The summed E-state index contributed by atoms with van der Waals surface area (Å²) < 4.78 is 11.0. The number of benzene rings is 1. The van der Waals surface area contributed by atoms with Gasteiger partial charge in [-0.15, -0.1) is 0 Å². The molecular weight excluding hydrogens is 232 g/mol. The van der Waals surface area contributed by atoms with Crippen molar-refractivity contribution in [3.8, 4) is 11.5 Å². The van der Waals surface area contributed by atoms with Crippen molar-refractivity contribution in [1.82, 2.24) is 0 Å². The van der Waals surface area contributed by atoms with Gasteiger partial charge < -0.3 is 9.47 Å². The molecule has 1 aromatic carbocycles. The van der Waals surface area contributed by atoms with E-state index < -0.39 is 0 Å². The fraction of sp³-hybridized carbons (Fsp3) is 0.400. The van der Waals surface area contributed by atoms with Crippen LogP contribution in [0.25, 0.3) is 0 Å². The van der Waals surface area contributed by atoms with Gasteiger partial charge in [0.15, 0.2) is 16.0 Å². The number of ether oxygens (including phenoxy) is 2. The van der Waals surface area contributed by atoms with Gasteiger partial charge in [0.2, 0.25) is 0 Å². The van der Waals surface area contributed by atoms with Crippen LogP contribution >= 0.6 is 15.9 Å². The van der Waals surface area contributed by atoms with Gasteiger partial charge in [-0.05, 0) is 34.5 Å². The van der Waals surface area contributed by atoms with Crippen molar-refractivity contribution >= 4 is 15.9 Å². The van der Waals surface area contributed by atoms with Crippen LogP contribution in [0.1, 0.15) is 13.3 Å². The minimum absolute atomic E-state index is 0.346. The first kappa shape index (κ1) is 8.88. The van der Waals surface area contributed by atoms with E-state index >= 15 is 0 Å². The fourth-order valence-electron chi connectivity index (χ4n) is 1.24. The maximum atomic E-state index is 5.76. The van der Waals surface area contributed by atoms with Crippen LogP contribution in [0.15, 0.2) is 24.3 Å². The highest BCUT2D eigenvalue weighted by molar-refractivity contribution is 9.10. The van der Waals surface area contributed by atoms with Crippen LogP contribution in [-0.2, 0) is 0 Å². The SMILES string of the molecule is CCC1(Br)COc2ccccc2O1. The molecule has 0 saturated heterocycles. The Morgan fingerprint density at radius 3 is 2.77 bits per heavy atom. The van der Waals surface area contributed by atoms with Crippen molar-refractivity contribution in [3.05, 3.63) is 24.3 Å². The Labute approximate surface area is 86.0 Å². The highest BCUT2D eigenvalue weighted by Crippen LogP contribution is 2.38. The van der Waals surface area contributed by atoms with E-state index in [-0.39, 0.29) is 4.51 Å². The molecule has 13 heavy (non-hydrogen) atoms. The molecule has 0 amide bonds. The second kappa shape index (κ2) is 3.22. The molecule has 0 aliphatic carbocycles. The van der Waals surface area contributed by atoms with Crippen LogP contribution < -0.4 is 9.47 Å². The summed E-state index contributed by atoms with van der Waals surface area (Å²) >= 11 is 3.52. The van der Waals surface area contributed by atoms with Gasteiger partial charge >= 0.3 is 0 Å². The molecule has 3 heteroatoms. The summed E-state index contributed by atoms with van der Waals surface area (Å²) in [5.41, 5.74) is 0. The molecule has 1 unspecified atom stereocenters. The predicted molar refractivity (Wildman–Crippen MR) is 54.5 cm³/mol. The van der Waals surface area contributed by atoms with Gasteiger partial charge in [-0.2, -0.15) is 0 Å². The van der Waals surface area contributed by atoms with Crippen LogP contribution in [0.2, 0.25) is 0 Å². The first-order valence-electron chi connectivity index (χ1n) is 4.33. The Kier molecular flexibility index (Phi) is 2.20. The third kappa shape index (κ3) is 1.66. The highest BCUT2D eigenvalue weighted by Gasteiger charge is 2.32. The summed E-state index contributed by atoms with van der Waals surface area (Å²) in [4.78, 5) is 0. The summed E-state index contributed by atoms with van der Waals surface area (Å²) in [6.45, 7) is 2.62. The number of para-hydroxylation sites is 2. The average molecular weight is 243 g/mol. The molecule has 0 N–H and O–H groups in total. The van der Waals surface area contributed by atoms with Gasteiger partial charge in [-0.1, -0.05) is 19.1 Å². The summed E-state index contributed by atoms with van der Waals surface area (Å²) in [5, 5.41) is 0. The molecule has 1 atom stereocenters. The van der Waals surface area contributed by atoms with E-state index in [4.69, 9.17) is 9.47 Å². The smallest absolute Gasteiger partial charge is 0.196 e. The molecule has 0 radical (unpaired) electrons. The molecule has 70 valence electrons. The van der Waals surface area contributed by atoms with Gasteiger partial charge in [-0.3, -0.25) is 0 Å². The number of fused-ring (bicyclic) bond motifs is 1. The topological polar surface area (TPSA) is 18.5 Å². The van der Waals surface area contributed by atoms with E-state index in [0.29, 0.717) is 6.61 Å². The minimum atomic E-state index is -0.346. The van der Waals surface area contributed by atoms with Crippen molar-refractivity contribution in [2.24, 2.45) is 0 Å². The Bertz CT molecular complexity index is 314. The van der Waals surface area contributed by atoms with Crippen LogP contribution in [0.3, 0.4) is 0 Å². The molecular formula is C10H11BrO2. The molecule has 0 aromatic heterocycles. The van der Waals surface area contributed by atoms with Gasteiger partial charge in [0, 0.05) is 0 Å². The molecule has 1 aliphatic rings. The quantitative estimate of drug-likeness (QED) is 0.706. The summed E-state index contributed by atoms with van der Waals surface area (Å²) in [6, 6.07) is 7.71. The number of rotatable bonds is 1. The van der Waals surface area contributed by atoms with E-state index in [1.807, 2.05) is 24.3 Å². The summed E-state index contributed by atoms with van der Waals surface area (Å²) in [6.07, 6.45) is 0.876. The lowest BCUT2D eigenvalue weighted by molar-refractivity contribution is 0.0668. The molecule has 0 fully saturated rings. The van der Waals surface area contributed by atoms with E-state index in [9.17, 15) is 0 Å². The molecule has 0 saturated carbocycles. The maximum Gasteiger partial charge on any atom is 0.196 e. The van der Waals surface area contributed by atoms with E-state index in [1.165, 1.54) is 0 Å². The Balaban J connectivity index is 2.29. The van der Waals surface area contributed by atoms with Gasteiger partial charge in [-0.25, -0.2) is 0 Å². The lowest BCUT2D eigenvalue weighted by atomic mass is 10.2. The summed E-state index contributed by atoms with van der Waals surface area (Å²) in [5.74, 6) is 1.64. The van der Waals surface area contributed by atoms with Crippen LogP contribution in [0.5, 0.6) is 11.5 Å². The van der Waals surface area contributed by atoms with Crippen LogP contribution in [-0.4, -0.2) is 11.1 Å². The fourth-order valence-corrected chi connectivity index (χ4v) is 1.53. The molecule has 0 bridgehead atoms. The third-order valence-corrected chi connectivity index (χ3v) is 3.06. The number of halogens is 1. The molecule has 0 spiro atoms. The largest absolute Gasteiger partial charge is 0.485 e. The first-order valence-corrected chi connectivity index (χ1v) is 5.12. The van der Waals surface area contributed by atoms with Crippen molar-refractivity contribution in [3.63, 3.8) is 0 Å². The van der Waals surface area contributed by atoms with Crippen molar-refractivity contribution in [2.75, 3.05) is 6.61 Å². The standard InChI is InChI=1S/C10H11BrO2/c1-2-10(11)7-12-8-5-3-4-6-9(8)13-10/h3-6H,2,7H2,1H3. The predicted octanol–water partition coefficient (Wildman–Crippen LogP) is 2.96. The number of hydrogen-bond acceptors (Lipinski definition) is 2. The van der Waals surface area contributed by atoms with E-state index in [1.54, 1.807) is 0 Å². The van der Waals surface area contributed by atoms with Gasteiger partial charge in [0.1, 0.15) is 6.61 Å². The minimum Gasteiger partial charge on any atom is -0.485 e. The van der Waals surface area contributed by atoms with Gasteiger partial charge in [0.05, 0.1) is 0 Å². The second-order valence-electron chi connectivity index (χ2n) is 3.07. The maximum absolute atomic E-state index is 5.76. The second-order valence-corrected chi connectivity index (χ2v) is 4.52. The monoisotopic (exact) mass is 242 g/mol. The normalized spacial score (nSPS) is 25.7. The lowest BCUT2D eigenvalue weighted by Gasteiger charge is -2.32. The molecule has 1 aliphatic heterocycles. The molecule has 2 rings (SSSR count). The molecule has 1 aromatic rings. The van der Waals surface area contributed by atoms with Crippen molar-refractivity contribution in [1.29, 1.82) is 0 Å². The first-order chi connectivity index (χ1) is 6.23. The van der Waals surface area contributed by atoms with Crippen LogP contribution in [0.4, 0.5) is 0 Å². The third-order valence-electron chi connectivity index (χ3n) is 2.11. The summed E-state index contributed by atoms with van der Waals surface area (Å²) in [7, 11) is 0. The highest BCUT2D eigenvalue weighted by atomic mass is 79.9. The van der Waals surface area contributed by atoms with E-state index in [0.717, 1.165) is 17.9 Å². The molecule has 2 nitrogen and oxygen atoms in total.